The van der Waals surface area contributed by atoms with E-state index in [4.69, 9.17) is 23.2 Å². The van der Waals surface area contributed by atoms with Crippen LogP contribution in [0.25, 0.3) is 0 Å². The van der Waals surface area contributed by atoms with E-state index < -0.39 is 5.97 Å². The molecule has 0 unspecified atom stereocenters. The van der Waals surface area contributed by atoms with Crippen molar-refractivity contribution in [2.24, 2.45) is 0 Å². The van der Waals surface area contributed by atoms with Gasteiger partial charge < -0.3 is 15.2 Å². The summed E-state index contributed by atoms with van der Waals surface area (Å²) in [5.41, 5.74) is 1.77. The second-order valence-corrected chi connectivity index (χ2v) is 4.80. The number of para-hydroxylation sites is 1. The smallest absolute Gasteiger partial charge is 0.545 e. The first-order valence-corrected chi connectivity index (χ1v) is 6.28. The van der Waals surface area contributed by atoms with Crippen LogP contribution in [-0.2, 0) is 0 Å². The summed E-state index contributed by atoms with van der Waals surface area (Å²) < 4.78 is 0. The molecule has 0 saturated carbocycles. The predicted octanol–water partition coefficient (Wildman–Crippen LogP) is 0.413. The molecule has 98 valence electrons. The van der Waals surface area contributed by atoms with Gasteiger partial charge in [0.2, 0.25) is 0 Å². The fourth-order valence-corrected chi connectivity index (χ4v) is 2.14. The van der Waals surface area contributed by atoms with E-state index in [1.165, 1.54) is 6.07 Å². The number of halogens is 2. The maximum atomic E-state index is 11.0. The number of carbonyl (C=O) groups is 1. The zero-order valence-corrected chi connectivity index (χ0v) is 14.5. The maximum Gasteiger partial charge on any atom is 1.00 e. The summed E-state index contributed by atoms with van der Waals surface area (Å²) in [5, 5.41) is 14.9. The second-order valence-electron chi connectivity index (χ2n) is 4.01. The average Bonchev–Trinajstić information content (AvgIpc) is 2.39. The zero-order valence-electron chi connectivity index (χ0n) is 11.0. The third-order valence-electron chi connectivity index (χ3n) is 2.69. The quantitative estimate of drug-likeness (QED) is 0.834. The molecule has 20 heavy (non-hydrogen) atoms. The predicted molar refractivity (Wildman–Crippen MR) is 75.3 cm³/mol. The summed E-state index contributed by atoms with van der Waals surface area (Å²) in [7, 11) is 0. The van der Waals surface area contributed by atoms with Crippen LogP contribution in [0.15, 0.2) is 36.4 Å². The molecular weight excluding hydrogens is 308 g/mol. The number of anilines is 2. The van der Waals surface area contributed by atoms with E-state index in [0.29, 0.717) is 21.4 Å². The van der Waals surface area contributed by atoms with E-state index >= 15 is 0 Å². The monoisotopic (exact) mass is 317 g/mol. The molecular formula is C14H10Cl2NNaO2. The molecule has 0 bridgehead atoms. The van der Waals surface area contributed by atoms with Gasteiger partial charge in [0, 0.05) is 11.3 Å². The third kappa shape index (κ3) is 3.68. The summed E-state index contributed by atoms with van der Waals surface area (Å²) in [4.78, 5) is 11.0. The van der Waals surface area contributed by atoms with Gasteiger partial charge in [-0.15, -0.1) is 0 Å². The minimum absolute atomic E-state index is 0. The molecule has 0 saturated heterocycles. The average molecular weight is 318 g/mol. The molecule has 0 aromatic heterocycles. The molecule has 0 amide bonds. The van der Waals surface area contributed by atoms with Crippen LogP contribution in [0.4, 0.5) is 11.4 Å². The fourth-order valence-electron chi connectivity index (χ4n) is 1.68. The number of carboxylic acid groups (broad SMARTS) is 1. The Labute approximate surface area is 149 Å². The minimum atomic E-state index is -1.26. The van der Waals surface area contributed by atoms with Gasteiger partial charge in [-0.25, -0.2) is 0 Å². The largest absolute Gasteiger partial charge is 1.00 e. The first kappa shape index (κ1) is 17.3. The number of nitrogens with one attached hydrogen (secondary N) is 1. The summed E-state index contributed by atoms with van der Waals surface area (Å²) in [6.45, 7) is 1.84. The topological polar surface area (TPSA) is 52.2 Å². The van der Waals surface area contributed by atoms with E-state index in [-0.39, 0.29) is 35.1 Å². The van der Waals surface area contributed by atoms with Crippen LogP contribution >= 0.6 is 23.2 Å². The molecule has 1 N–H and O–H groups in total. The molecule has 0 aliphatic carbocycles. The van der Waals surface area contributed by atoms with Crippen LogP contribution in [0.5, 0.6) is 0 Å². The molecule has 2 aromatic rings. The van der Waals surface area contributed by atoms with Crippen LogP contribution in [-0.4, -0.2) is 5.97 Å². The van der Waals surface area contributed by atoms with Crippen LogP contribution in [0.3, 0.4) is 0 Å². The number of benzene rings is 2. The number of aromatic carboxylic acids is 1. The van der Waals surface area contributed by atoms with E-state index in [0.717, 1.165) is 5.56 Å². The molecule has 0 spiro atoms. The Morgan fingerprint density at radius 1 is 1.15 bits per heavy atom. The van der Waals surface area contributed by atoms with Gasteiger partial charge >= 0.3 is 29.6 Å². The molecule has 0 radical (unpaired) electrons. The summed E-state index contributed by atoms with van der Waals surface area (Å²) in [6.07, 6.45) is 0. The van der Waals surface area contributed by atoms with Crippen molar-refractivity contribution in [1.82, 2.24) is 0 Å². The normalized spacial score (nSPS) is 9.75. The van der Waals surface area contributed by atoms with Crippen LogP contribution in [0.2, 0.25) is 10.0 Å². The second kappa shape index (κ2) is 7.34. The Morgan fingerprint density at radius 2 is 1.80 bits per heavy atom. The van der Waals surface area contributed by atoms with Gasteiger partial charge in [0.25, 0.3) is 0 Å². The third-order valence-corrected chi connectivity index (χ3v) is 3.49. The van der Waals surface area contributed by atoms with Crippen molar-refractivity contribution in [2.45, 2.75) is 6.92 Å². The van der Waals surface area contributed by atoms with E-state index in [1.807, 2.05) is 6.92 Å². The SMILES string of the molecule is Cc1ccc(Cl)c(Nc2ccccc2C(=O)[O-])c1Cl.[Na+]. The number of hydrogen-bond donors (Lipinski definition) is 1. The Morgan fingerprint density at radius 3 is 2.45 bits per heavy atom. The Balaban J connectivity index is 0.00000200. The van der Waals surface area contributed by atoms with Gasteiger partial charge in [-0.3, -0.25) is 0 Å². The van der Waals surface area contributed by atoms with Gasteiger partial charge in [0.15, 0.2) is 0 Å². The fraction of sp³-hybridized carbons (Fsp3) is 0.0714. The van der Waals surface area contributed by atoms with Gasteiger partial charge in [0.05, 0.1) is 21.7 Å². The molecule has 6 heteroatoms. The molecule has 2 rings (SSSR count). The van der Waals surface area contributed by atoms with Gasteiger partial charge in [-0.1, -0.05) is 47.5 Å². The number of aryl methyl sites for hydroxylation is 1. The Kier molecular flexibility index (Phi) is 6.37. The van der Waals surface area contributed by atoms with Crippen molar-refractivity contribution < 1.29 is 39.5 Å². The molecule has 2 aromatic carbocycles. The van der Waals surface area contributed by atoms with Crippen LogP contribution in [0, 0.1) is 6.92 Å². The molecule has 3 nitrogen and oxygen atoms in total. The van der Waals surface area contributed by atoms with E-state index in [1.54, 1.807) is 30.3 Å². The minimum Gasteiger partial charge on any atom is -0.545 e. The van der Waals surface area contributed by atoms with Crippen molar-refractivity contribution in [1.29, 1.82) is 0 Å². The Bertz CT molecular complexity index is 647. The van der Waals surface area contributed by atoms with Gasteiger partial charge in [-0.2, -0.15) is 0 Å². The van der Waals surface area contributed by atoms with Crippen molar-refractivity contribution in [3.8, 4) is 0 Å². The standard InChI is InChI=1S/C14H11Cl2NO2.Na/c1-8-6-7-10(15)13(12(8)16)17-11-5-3-2-4-9(11)14(18)19;/h2-7,17H,1H3,(H,18,19);/q;+1/p-1. The molecule has 0 heterocycles. The molecule has 0 aliphatic heterocycles. The molecule has 0 aliphatic rings. The van der Waals surface area contributed by atoms with Crippen molar-refractivity contribution >= 4 is 40.5 Å². The Hall–Kier alpha value is -0.710. The number of rotatable bonds is 3. The maximum absolute atomic E-state index is 11.0. The van der Waals surface area contributed by atoms with Crippen molar-refractivity contribution in [3.05, 3.63) is 57.6 Å². The summed E-state index contributed by atoms with van der Waals surface area (Å²) in [6, 6.07) is 9.91. The first-order valence-electron chi connectivity index (χ1n) is 5.52. The summed E-state index contributed by atoms with van der Waals surface area (Å²) in [5.74, 6) is -1.26. The first-order chi connectivity index (χ1) is 9.00. The molecule has 0 fully saturated rings. The van der Waals surface area contributed by atoms with Crippen LogP contribution < -0.4 is 40.0 Å². The number of carbonyl (C=O) groups excluding carboxylic acids is 1. The van der Waals surface area contributed by atoms with Gasteiger partial charge in [-0.05, 0) is 24.6 Å². The molecule has 0 atom stereocenters. The number of hydrogen-bond acceptors (Lipinski definition) is 3. The van der Waals surface area contributed by atoms with Crippen molar-refractivity contribution in [2.75, 3.05) is 5.32 Å². The van der Waals surface area contributed by atoms with Crippen LogP contribution in [0.1, 0.15) is 15.9 Å². The summed E-state index contributed by atoms with van der Waals surface area (Å²) >= 11 is 12.2. The van der Waals surface area contributed by atoms with Gasteiger partial charge in [0.1, 0.15) is 0 Å². The zero-order chi connectivity index (χ0) is 14.0. The van der Waals surface area contributed by atoms with E-state index in [9.17, 15) is 9.90 Å². The van der Waals surface area contributed by atoms with E-state index in [2.05, 4.69) is 5.32 Å². The number of carboxylic acids is 1. The van der Waals surface area contributed by atoms with Crippen molar-refractivity contribution in [3.63, 3.8) is 0 Å².